The Morgan fingerprint density at radius 2 is 2.00 bits per heavy atom. The van der Waals surface area contributed by atoms with Crippen molar-refractivity contribution in [3.63, 3.8) is 0 Å². The molecular weight excluding hydrogens is 304 g/mol. The molecule has 1 aliphatic heterocycles. The van der Waals surface area contributed by atoms with E-state index in [1.54, 1.807) is 0 Å². The van der Waals surface area contributed by atoms with Crippen LogP contribution in [-0.4, -0.2) is 29.8 Å². The first-order valence-electron chi connectivity index (χ1n) is 6.68. The molecule has 0 unspecified atom stereocenters. The number of fused-ring (bicyclic) bond motifs is 1. The monoisotopic (exact) mass is 320 g/mol. The molecule has 2 aromatic rings. The number of anilines is 1. The highest BCUT2D eigenvalue weighted by Crippen LogP contribution is 2.25. The third-order valence-electron chi connectivity index (χ3n) is 3.83. The first-order chi connectivity index (χ1) is 9.26. The molecule has 1 N–H and O–H groups in total. The maximum absolute atomic E-state index is 9.18. The Balaban J connectivity index is 1.84. The van der Waals surface area contributed by atoms with E-state index < -0.39 is 0 Å². The minimum atomic E-state index is 0.313. The van der Waals surface area contributed by atoms with Crippen molar-refractivity contribution in [3.8, 4) is 0 Å². The molecule has 1 aliphatic rings. The highest BCUT2D eigenvalue weighted by atomic mass is 79.9. The molecule has 0 amide bonds. The minimum absolute atomic E-state index is 0.313. The zero-order chi connectivity index (χ0) is 13.2. The van der Waals surface area contributed by atoms with Crippen LogP contribution >= 0.6 is 15.9 Å². The average molecular weight is 321 g/mol. The van der Waals surface area contributed by atoms with E-state index in [0.29, 0.717) is 12.5 Å². The van der Waals surface area contributed by atoms with E-state index in [9.17, 15) is 5.11 Å². The van der Waals surface area contributed by atoms with Crippen molar-refractivity contribution in [1.29, 1.82) is 0 Å². The lowest BCUT2D eigenvalue weighted by molar-refractivity contribution is 0.203. The Morgan fingerprint density at radius 3 is 2.74 bits per heavy atom. The summed E-state index contributed by atoms with van der Waals surface area (Å²) in [5, 5.41) is 10.3. The van der Waals surface area contributed by atoms with Crippen LogP contribution in [0.1, 0.15) is 12.8 Å². The van der Waals surface area contributed by atoms with Crippen molar-refractivity contribution >= 4 is 32.7 Å². The van der Waals surface area contributed by atoms with Crippen molar-refractivity contribution in [2.24, 2.45) is 5.92 Å². The van der Waals surface area contributed by atoms with Crippen LogP contribution in [0.4, 0.5) is 5.82 Å². The fourth-order valence-corrected chi connectivity index (χ4v) is 2.99. The molecule has 1 aromatic carbocycles. The highest BCUT2D eigenvalue weighted by Gasteiger charge is 2.19. The number of pyridine rings is 1. The summed E-state index contributed by atoms with van der Waals surface area (Å²) in [5.74, 6) is 1.51. The third-order valence-corrected chi connectivity index (χ3v) is 4.33. The van der Waals surface area contributed by atoms with Crippen LogP contribution in [0.3, 0.4) is 0 Å². The van der Waals surface area contributed by atoms with Gasteiger partial charge in [-0.3, -0.25) is 0 Å². The summed E-state index contributed by atoms with van der Waals surface area (Å²) in [7, 11) is 0. The van der Waals surface area contributed by atoms with Crippen molar-refractivity contribution < 1.29 is 5.11 Å². The molecule has 1 aromatic heterocycles. The predicted octanol–water partition coefficient (Wildman–Crippen LogP) is 3.21. The Hall–Kier alpha value is -1.13. The maximum atomic E-state index is 9.18. The fraction of sp³-hybridized carbons (Fsp3) is 0.400. The van der Waals surface area contributed by atoms with Crippen molar-refractivity contribution in [1.82, 2.24) is 4.98 Å². The average Bonchev–Trinajstić information content (AvgIpc) is 2.47. The lowest BCUT2D eigenvalue weighted by atomic mass is 9.98. The van der Waals surface area contributed by atoms with Gasteiger partial charge in [-0.15, -0.1) is 0 Å². The van der Waals surface area contributed by atoms with Gasteiger partial charge in [-0.05, 0) is 49.1 Å². The van der Waals surface area contributed by atoms with Crippen LogP contribution in [0.25, 0.3) is 10.9 Å². The molecule has 0 radical (unpaired) electrons. The number of hydrogen-bond acceptors (Lipinski definition) is 3. The van der Waals surface area contributed by atoms with Gasteiger partial charge >= 0.3 is 0 Å². The molecule has 0 atom stereocenters. The summed E-state index contributed by atoms with van der Waals surface area (Å²) in [5.41, 5.74) is 1.03. The van der Waals surface area contributed by atoms with E-state index in [2.05, 4.69) is 39.0 Å². The number of piperidine rings is 1. The molecule has 0 aliphatic carbocycles. The van der Waals surface area contributed by atoms with Gasteiger partial charge in [0, 0.05) is 29.6 Å². The second kappa shape index (κ2) is 5.47. The Kier molecular flexibility index (Phi) is 3.71. The van der Waals surface area contributed by atoms with Gasteiger partial charge in [-0.25, -0.2) is 4.98 Å². The summed E-state index contributed by atoms with van der Waals surface area (Å²) in [4.78, 5) is 7.05. The lowest BCUT2D eigenvalue weighted by Gasteiger charge is -2.32. The number of benzene rings is 1. The van der Waals surface area contributed by atoms with Gasteiger partial charge in [0.05, 0.1) is 5.52 Å². The van der Waals surface area contributed by atoms with Gasteiger partial charge < -0.3 is 10.0 Å². The lowest BCUT2D eigenvalue weighted by Crippen LogP contribution is -2.35. The van der Waals surface area contributed by atoms with Gasteiger partial charge in [0.15, 0.2) is 0 Å². The minimum Gasteiger partial charge on any atom is -0.396 e. The number of halogens is 1. The van der Waals surface area contributed by atoms with Crippen LogP contribution in [0, 0.1) is 5.92 Å². The van der Waals surface area contributed by atoms with Gasteiger partial charge in [0.1, 0.15) is 5.82 Å². The summed E-state index contributed by atoms with van der Waals surface area (Å²) in [6, 6.07) is 10.4. The summed E-state index contributed by atoms with van der Waals surface area (Å²) in [6.45, 7) is 2.29. The zero-order valence-electron chi connectivity index (χ0n) is 10.7. The molecule has 3 nitrogen and oxygen atoms in total. The molecule has 19 heavy (non-hydrogen) atoms. The highest BCUT2D eigenvalue weighted by molar-refractivity contribution is 9.10. The van der Waals surface area contributed by atoms with E-state index >= 15 is 0 Å². The van der Waals surface area contributed by atoms with Crippen molar-refractivity contribution in [2.75, 3.05) is 24.6 Å². The van der Waals surface area contributed by atoms with E-state index in [0.717, 1.165) is 47.1 Å². The van der Waals surface area contributed by atoms with Gasteiger partial charge in [-0.2, -0.15) is 0 Å². The van der Waals surface area contributed by atoms with E-state index in [1.165, 1.54) is 0 Å². The molecule has 4 heteroatoms. The third kappa shape index (κ3) is 2.74. The number of aliphatic hydroxyl groups excluding tert-OH is 1. The molecule has 1 fully saturated rings. The molecule has 2 heterocycles. The normalized spacial score (nSPS) is 17.1. The first-order valence-corrected chi connectivity index (χ1v) is 7.47. The van der Waals surface area contributed by atoms with Crippen LogP contribution in [0.5, 0.6) is 0 Å². The van der Waals surface area contributed by atoms with Crippen molar-refractivity contribution in [2.45, 2.75) is 12.8 Å². The summed E-state index contributed by atoms with van der Waals surface area (Å²) >= 11 is 3.48. The van der Waals surface area contributed by atoms with Crippen LogP contribution in [0.15, 0.2) is 34.8 Å². The largest absolute Gasteiger partial charge is 0.396 e. The number of aromatic nitrogens is 1. The number of aliphatic hydroxyl groups is 1. The summed E-state index contributed by atoms with van der Waals surface area (Å²) < 4.78 is 1.08. The second-order valence-electron chi connectivity index (χ2n) is 5.12. The molecule has 3 rings (SSSR count). The summed E-state index contributed by atoms with van der Waals surface area (Å²) in [6.07, 6.45) is 2.10. The van der Waals surface area contributed by atoms with E-state index in [1.807, 2.05) is 12.1 Å². The zero-order valence-corrected chi connectivity index (χ0v) is 12.3. The molecule has 1 saturated heterocycles. The predicted molar refractivity (Wildman–Crippen MR) is 81.5 cm³/mol. The van der Waals surface area contributed by atoms with Crippen LogP contribution in [-0.2, 0) is 0 Å². The van der Waals surface area contributed by atoms with Gasteiger partial charge in [-0.1, -0.05) is 15.9 Å². The van der Waals surface area contributed by atoms with Gasteiger partial charge in [0.25, 0.3) is 0 Å². The number of nitrogens with zero attached hydrogens (tertiary/aromatic N) is 2. The van der Waals surface area contributed by atoms with Crippen molar-refractivity contribution in [3.05, 3.63) is 34.8 Å². The Morgan fingerprint density at radius 1 is 1.21 bits per heavy atom. The van der Waals surface area contributed by atoms with Gasteiger partial charge in [0.2, 0.25) is 0 Å². The van der Waals surface area contributed by atoms with Crippen LogP contribution < -0.4 is 4.90 Å². The Bertz CT molecular complexity index is 579. The smallest absolute Gasteiger partial charge is 0.129 e. The first kappa shape index (κ1) is 12.9. The molecule has 0 spiro atoms. The van der Waals surface area contributed by atoms with Crippen LogP contribution in [0.2, 0.25) is 0 Å². The topological polar surface area (TPSA) is 36.4 Å². The number of rotatable bonds is 2. The molecular formula is C15H17BrN2O. The SMILES string of the molecule is OCC1CCN(c2ccc3cc(Br)ccc3n2)CC1. The Labute approximate surface area is 121 Å². The molecule has 0 bridgehead atoms. The molecule has 100 valence electrons. The second-order valence-corrected chi connectivity index (χ2v) is 6.04. The van der Waals surface area contributed by atoms with E-state index in [4.69, 9.17) is 4.98 Å². The number of hydrogen-bond donors (Lipinski definition) is 1. The quantitative estimate of drug-likeness (QED) is 0.923. The maximum Gasteiger partial charge on any atom is 0.129 e. The van der Waals surface area contributed by atoms with E-state index in [-0.39, 0.29) is 0 Å². The standard InChI is InChI=1S/C15H17BrN2O/c16-13-2-3-14-12(9-13)1-4-15(17-14)18-7-5-11(10-19)6-8-18/h1-4,9,11,19H,5-8,10H2. The molecule has 0 saturated carbocycles. The fourth-order valence-electron chi connectivity index (χ4n) is 2.61.